The number of hydrogen-bond acceptors (Lipinski definition) is 4. The second-order valence-corrected chi connectivity index (χ2v) is 5.15. The second-order valence-electron chi connectivity index (χ2n) is 3.90. The molecule has 0 aliphatic rings. The lowest BCUT2D eigenvalue weighted by Crippen LogP contribution is -2.13. The van der Waals surface area contributed by atoms with Crippen molar-refractivity contribution in [1.29, 1.82) is 0 Å². The Labute approximate surface area is 129 Å². The summed E-state index contributed by atoms with van der Waals surface area (Å²) in [7, 11) is 0. The molecule has 2 aromatic heterocycles. The summed E-state index contributed by atoms with van der Waals surface area (Å²) in [5.74, 6) is 0.305. The van der Waals surface area contributed by atoms with Crippen molar-refractivity contribution < 1.29 is 4.79 Å². The van der Waals surface area contributed by atoms with Gasteiger partial charge in [-0.15, -0.1) is 0 Å². The summed E-state index contributed by atoms with van der Waals surface area (Å²) in [6.45, 7) is 2.64. The molecule has 0 radical (unpaired) electrons. The minimum Gasteiger partial charge on any atom is -0.370 e. The van der Waals surface area contributed by atoms with Crippen LogP contribution >= 0.6 is 27.5 Å². The molecule has 0 aliphatic heterocycles. The van der Waals surface area contributed by atoms with Gasteiger partial charge in [0.25, 0.3) is 5.91 Å². The zero-order valence-corrected chi connectivity index (χ0v) is 13.0. The molecule has 7 heteroatoms. The van der Waals surface area contributed by atoms with Gasteiger partial charge in [0.05, 0.1) is 10.2 Å². The molecule has 0 bridgehead atoms. The van der Waals surface area contributed by atoms with Crippen LogP contribution < -0.4 is 10.6 Å². The number of nitrogens with one attached hydrogen (secondary N) is 2. The van der Waals surface area contributed by atoms with Crippen molar-refractivity contribution in [3.05, 3.63) is 45.8 Å². The minimum absolute atomic E-state index is 0.264. The first kappa shape index (κ1) is 14.7. The third-order valence-electron chi connectivity index (χ3n) is 2.43. The van der Waals surface area contributed by atoms with E-state index in [0.29, 0.717) is 28.1 Å². The van der Waals surface area contributed by atoms with E-state index in [1.165, 1.54) is 6.07 Å². The van der Waals surface area contributed by atoms with Crippen molar-refractivity contribution in [2.24, 2.45) is 0 Å². The molecule has 5 nitrogen and oxygen atoms in total. The van der Waals surface area contributed by atoms with Crippen molar-refractivity contribution in [2.45, 2.75) is 6.92 Å². The van der Waals surface area contributed by atoms with Crippen LogP contribution in [-0.4, -0.2) is 22.4 Å². The molecule has 0 spiro atoms. The molecular weight excluding hydrogens is 344 g/mol. The Hall–Kier alpha value is -1.66. The SMILES string of the molecule is CCNc1cc(C(=O)Nc2ccncc2Br)cc(Cl)n1. The van der Waals surface area contributed by atoms with Crippen molar-refractivity contribution in [1.82, 2.24) is 9.97 Å². The molecule has 0 fully saturated rings. The maximum absolute atomic E-state index is 12.2. The van der Waals surface area contributed by atoms with E-state index in [-0.39, 0.29) is 11.1 Å². The highest BCUT2D eigenvalue weighted by atomic mass is 79.9. The molecule has 0 atom stereocenters. The summed E-state index contributed by atoms with van der Waals surface area (Å²) >= 11 is 9.24. The average Bonchev–Trinajstić information content (AvgIpc) is 2.41. The number of hydrogen-bond donors (Lipinski definition) is 2. The minimum atomic E-state index is -0.264. The Kier molecular flexibility index (Phi) is 4.92. The fourth-order valence-corrected chi connectivity index (χ4v) is 2.13. The quantitative estimate of drug-likeness (QED) is 0.823. The maximum Gasteiger partial charge on any atom is 0.255 e. The number of carbonyl (C=O) groups is 1. The molecule has 104 valence electrons. The van der Waals surface area contributed by atoms with E-state index < -0.39 is 0 Å². The Balaban J connectivity index is 2.23. The first-order valence-electron chi connectivity index (χ1n) is 5.92. The maximum atomic E-state index is 12.2. The molecule has 0 saturated carbocycles. The largest absolute Gasteiger partial charge is 0.370 e. The van der Waals surface area contributed by atoms with Crippen LogP contribution in [-0.2, 0) is 0 Å². The molecule has 20 heavy (non-hydrogen) atoms. The lowest BCUT2D eigenvalue weighted by Gasteiger charge is -2.09. The van der Waals surface area contributed by atoms with E-state index >= 15 is 0 Å². The van der Waals surface area contributed by atoms with Crippen LogP contribution in [0.1, 0.15) is 17.3 Å². The molecule has 0 unspecified atom stereocenters. The van der Waals surface area contributed by atoms with Gasteiger partial charge in [0, 0.05) is 24.5 Å². The van der Waals surface area contributed by atoms with Gasteiger partial charge in [0.15, 0.2) is 0 Å². The van der Waals surface area contributed by atoms with E-state index in [9.17, 15) is 4.79 Å². The van der Waals surface area contributed by atoms with Crippen molar-refractivity contribution >= 4 is 44.9 Å². The number of halogens is 2. The van der Waals surface area contributed by atoms with Gasteiger partial charge in [-0.05, 0) is 41.1 Å². The van der Waals surface area contributed by atoms with Gasteiger partial charge in [-0.3, -0.25) is 9.78 Å². The van der Waals surface area contributed by atoms with Crippen LogP contribution in [0.3, 0.4) is 0 Å². The van der Waals surface area contributed by atoms with Crippen LogP contribution in [0.15, 0.2) is 35.1 Å². The van der Waals surface area contributed by atoms with Crippen LogP contribution in [0.2, 0.25) is 5.15 Å². The summed E-state index contributed by atoms with van der Waals surface area (Å²) < 4.78 is 0.709. The molecular formula is C13H12BrClN4O. The van der Waals surface area contributed by atoms with Crippen molar-refractivity contribution in [3.63, 3.8) is 0 Å². The molecule has 2 aromatic rings. The molecule has 0 saturated heterocycles. The molecule has 0 aliphatic carbocycles. The van der Waals surface area contributed by atoms with E-state index in [1.807, 2.05) is 6.92 Å². The van der Waals surface area contributed by atoms with Crippen LogP contribution in [0, 0.1) is 0 Å². The van der Waals surface area contributed by atoms with E-state index in [0.717, 1.165) is 0 Å². The first-order valence-corrected chi connectivity index (χ1v) is 7.09. The second kappa shape index (κ2) is 6.67. The summed E-state index contributed by atoms with van der Waals surface area (Å²) in [6, 6.07) is 4.88. The molecule has 2 N–H and O–H groups in total. The summed E-state index contributed by atoms with van der Waals surface area (Å²) in [5.41, 5.74) is 1.08. The number of nitrogens with zero attached hydrogens (tertiary/aromatic N) is 2. The van der Waals surface area contributed by atoms with Crippen LogP contribution in [0.5, 0.6) is 0 Å². The smallest absolute Gasteiger partial charge is 0.255 e. The fraction of sp³-hybridized carbons (Fsp3) is 0.154. The van der Waals surface area contributed by atoms with Crippen LogP contribution in [0.25, 0.3) is 0 Å². The van der Waals surface area contributed by atoms with E-state index in [2.05, 4.69) is 36.5 Å². The Bertz CT molecular complexity index is 636. The van der Waals surface area contributed by atoms with Crippen molar-refractivity contribution in [2.75, 3.05) is 17.2 Å². The van der Waals surface area contributed by atoms with E-state index in [4.69, 9.17) is 11.6 Å². The van der Waals surface area contributed by atoms with Gasteiger partial charge in [-0.2, -0.15) is 0 Å². The van der Waals surface area contributed by atoms with Crippen LogP contribution in [0.4, 0.5) is 11.5 Å². The van der Waals surface area contributed by atoms with Gasteiger partial charge in [0.1, 0.15) is 11.0 Å². The van der Waals surface area contributed by atoms with Gasteiger partial charge < -0.3 is 10.6 Å². The summed E-state index contributed by atoms with van der Waals surface area (Å²) in [4.78, 5) is 20.2. The predicted molar refractivity (Wildman–Crippen MR) is 83.3 cm³/mol. The Morgan fingerprint density at radius 2 is 2.25 bits per heavy atom. The monoisotopic (exact) mass is 354 g/mol. The number of anilines is 2. The summed E-state index contributed by atoms with van der Waals surface area (Å²) in [6.07, 6.45) is 3.21. The Morgan fingerprint density at radius 3 is 2.95 bits per heavy atom. The number of pyridine rings is 2. The Morgan fingerprint density at radius 1 is 1.45 bits per heavy atom. The molecule has 2 heterocycles. The van der Waals surface area contributed by atoms with Gasteiger partial charge in [-0.25, -0.2) is 4.98 Å². The van der Waals surface area contributed by atoms with Crippen molar-refractivity contribution in [3.8, 4) is 0 Å². The average molecular weight is 356 g/mol. The number of carbonyl (C=O) groups excluding carboxylic acids is 1. The zero-order chi connectivity index (χ0) is 14.5. The molecule has 2 rings (SSSR count). The number of amides is 1. The predicted octanol–water partition coefficient (Wildman–Crippen LogP) is 3.58. The highest BCUT2D eigenvalue weighted by Crippen LogP contribution is 2.22. The van der Waals surface area contributed by atoms with Gasteiger partial charge >= 0.3 is 0 Å². The molecule has 1 amide bonds. The third-order valence-corrected chi connectivity index (χ3v) is 3.26. The number of rotatable bonds is 4. The highest BCUT2D eigenvalue weighted by molar-refractivity contribution is 9.10. The normalized spacial score (nSPS) is 10.2. The topological polar surface area (TPSA) is 66.9 Å². The summed E-state index contributed by atoms with van der Waals surface area (Å²) in [5, 5.41) is 6.07. The fourth-order valence-electron chi connectivity index (χ4n) is 1.57. The lowest BCUT2D eigenvalue weighted by molar-refractivity contribution is 0.102. The zero-order valence-electron chi connectivity index (χ0n) is 10.7. The standard InChI is InChI=1S/C13H12BrClN4O/c1-2-17-12-6-8(5-11(15)19-12)13(20)18-10-3-4-16-7-9(10)14/h3-7H,2H2,1H3,(H,17,19)(H,16,18,20). The third kappa shape index (κ3) is 3.68. The van der Waals surface area contributed by atoms with Gasteiger partial charge in [-0.1, -0.05) is 11.6 Å². The first-order chi connectivity index (χ1) is 9.60. The number of aromatic nitrogens is 2. The van der Waals surface area contributed by atoms with E-state index in [1.54, 1.807) is 24.5 Å². The lowest BCUT2D eigenvalue weighted by atomic mass is 10.2. The highest BCUT2D eigenvalue weighted by Gasteiger charge is 2.11. The molecule has 0 aromatic carbocycles. The van der Waals surface area contributed by atoms with Gasteiger partial charge in [0.2, 0.25) is 0 Å².